The molecule has 1 N–H and O–H groups in total. The van der Waals surface area contributed by atoms with Gasteiger partial charge in [-0.3, -0.25) is 0 Å². The molecule has 5 heteroatoms. The first-order chi connectivity index (χ1) is 7.83. The van der Waals surface area contributed by atoms with E-state index >= 15 is 0 Å². The summed E-state index contributed by atoms with van der Waals surface area (Å²) >= 11 is 1.70. The Kier molecular flexibility index (Phi) is 3.65. The van der Waals surface area contributed by atoms with Crippen LogP contribution in [0.3, 0.4) is 0 Å². The summed E-state index contributed by atoms with van der Waals surface area (Å²) in [6, 6.07) is 4.09. The standard InChI is InChI=1S/C11H13N3OS/c1-13-11-4-10(8(5-12)6-14-11)16-9-2-3-15-7-9/h4,6,9H,2-3,7H2,1H3,(H,13,14). The summed E-state index contributed by atoms with van der Waals surface area (Å²) in [4.78, 5) is 5.11. The molecule has 1 aromatic rings. The van der Waals surface area contributed by atoms with Crippen LogP contribution in [0.2, 0.25) is 0 Å². The molecule has 0 amide bonds. The summed E-state index contributed by atoms with van der Waals surface area (Å²) < 4.78 is 5.32. The van der Waals surface area contributed by atoms with Crippen LogP contribution < -0.4 is 5.32 Å². The molecular weight excluding hydrogens is 222 g/mol. The molecule has 1 atom stereocenters. The van der Waals surface area contributed by atoms with Crippen molar-refractivity contribution in [3.63, 3.8) is 0 Å². The van der Waals surface area contributed by atoms with Crippen LogP contribution in [-0.4, -0.2) is 30.5 Å². The van der Waals surface area contributed by atoms with Gasteiger partial charge in [0.2, 0.25) is 0 Å². The van der Waals surface area contributed by atoms with E-state index in [0.29, 0.717) is 10.8 Å². The van der Waals surface area contributed by atoms with E-state index in [9.17, 15) is 0 Å². The molecule has 1 aliphatic rings. The van der Waals surface area contributed by atoms with E-state index < -0.39 is 0 Å². The van der Waals surface area contributed by atoms with E-state index in [0.717, 1.165) is 30.3 Å². The molecule has 0 aliphatic carbocycles. The van der Waals surface area contributed by atoms with Crippen LogP contribution in [0.5, 0.6) is 0 Å². The van der Waals surface area contributed by atoms with Crippen molar-refractivity contribution in [2.45, 2.75) is 16.6 Å². The first-order valence-electron chi connectivity index (χ1n) is 5.16. The molecule has 2 rings (SSSR count). The number of thioether (sulfide) groups is 1. The third-order valence-corrected chi connectivity index (χ3v) is 3.72. The van der Waals surface area contributed by atoms with Gasteiger partial charge in [-0.05, 0) is 12.5 Å². The second-order valence-corrected chi connectivity index (χ2v) is 4.87. The van der Waals surface area contributed by atoms with Gasteiger partial charge in [0.05, 0.1) is 12.2 Å². The van der Waals surface area contributed by atoms with Crippen LogP contribution in [0.15, 0.2) is 17.2 Å². The molecule has 0 bridgehead atoms. The van der Waals surface area contributed by atoms with Crippen molar-refractivity contribution in [1.82, 2.24) is 4.98 Å². The lowest BCUT2D eigenvalue weighted by molar-refractivity contribution is 0.199. The van der Waals surface area contributed by atoms with Crippen LogP contribution in [0.25, 0.3) is 0 Å². The second kappa shape index (κ2) is 5.19. The predicted octanol–water partition coefficient (Wildman–Crippen LogP) is 1.88. The third kappa shape index (κ3) is 2.46. The van der Waals surface area contributed by atoms with Gasteiger partial charge in [0.15, 0.2) is 0 Å². The van der Waals surface area contributed by atoms with Crippen LogP contribution in [0.4, 0.5) is 5.82 Å². The van der Waals surface area contributed by atoms with Gasteiger partial charge in [0.25, 0.3) is 0 Å². The molecule has 1 unspecified atom stereocenters. The maximum atomic E-state index is 9.00. The van der Waals surface area contributed by atoms with E-state index in [2.05, 4.69) is 16.4 Å². The van der Waals surface area contributed by atoms with Crippen molar-refractivity contribution in [2.75, 3.05) is 25.6 Å². The number of anilines is 1. The van der Waals surface area contributed by atoms with Gasteiger partial charge in [-0.15, -0.1) is 11.8 Å². The Morgan fingerprint density at radius 2 is 2.56 bits per heavy atom. The summed E-state index contributed by atoms with van der Waals surface area (Å²) in [7, 11) is 1.82. The molecule has 4 nitrogen and oxygen atoms in total. The molecule has 1 aromatic heterocycles. The molecule has 1 fully saturated rings. The Morgan fingerprint density at radius 3 is 3.19 bits per heavy atom. The van der Waals surface area contributed by atoms with E-state index in [4.69, 9.17) is 10.00 Å². The molecule has 1 saturated heterocycles. The highest BCUT2D eigenvalue weighted by atomic mass is 32.2. The van der Waals surface area contributed by atoms with Crippen LogP contribution in [-0.2, 0) is 4.74 Å². The molecular formula is C11H13N3OS. The number of pyridine rings is 1. The van der Waals surface area contributed by atoms with E-state index in [1.54, 1.807) is 18.0 Å². The van der Waals surface area contributed by atoms with Crippen LogP contribution in [0.1, 0.15) is 12.0 Å². The number of hydrogen-bond acceptors (Lipinski definition) is 5. The summed E-state index contributed by atoms with van der Waals surface area (Å²) in [6.45, 7) is 1.59. The van der Waals surface area contributed by atoms with Gasteiger partial charge in [0, 0.05) is 30.0 Å². The number of ether oxygens (including phenoxy) is 1. The van der Waals surface area contributed by atoms with Gasteiger partial charge in [-0.1, -0.05) is 0 Å². The van der Waals surface area contributed by atoms with Crippen molar-refractivity contribution in [3.05, 3.63) is 17.8 Å². The van der Waals surface area contributed by atoms with E-state index in [1.807, 2.05) is 13.1 Å². The zero-order valence-corrected chi connectivity index (χ0v) is 9.88. The second-order valence-electron chi connectivity index (χ2n) is 3.53. The molecule has 1 aliphatic heterocycles. The van der Waals surface area contributed by atoms with Crippen molar-refractivity contribution in [1.29, 1.82) is 5.26 Å². The summed E-state index contributed by atoms with van der Waals surface area (Å²) in [6.07, 6.45) is 2.66. The molecule has 0 radical (unpaired) electrons. The summed E-state index contributed by atoms with van der Waals surface area (Å²) in [5.74, 6) is 0.792. The van der Waals surface area contributed by atoms with Crippen LogP contribution in [0, 0.1) is 11.3 Å². The maximum absolute atomic E-state index is 9.00. The number of nitrogens with one attached hydrogen (secondary N) is 1. The first-order valence-corrected chi connectivity index (χ1v) is 6.03. The Hall–Kier alpha value is -1.25. The zero-order valence-electron chi connectivity index (χ0n) is 9.06. The number of rotatable bonds is 3. The van der Waals surface area contributed by atoms with Gasteiger partial charge in [-0.25, -0.2) is 4.98 Å². The number of aromatic nitrogens is 1. The van der Waals surface area contributed by atoms with Crippen molar-refractivity contribution >= 4 is 17.6 Å². The molecule has 0 spiro atoms. The average molecular weight is 235 g/mol. The van der Waals surface area contributed by atoms with Crippen molar-refractivity contribution in [3.8, 4) is 6.07 Å². The fourth-order valence-electron chi connectivity index (χ4n) is 1.54. The van der Waals surface area contributed by atoms with Gasteiger partial charge < -0.3 is 10.1 Å². The monoisotopic (exact) mass is 235 g/mol. The summed E-state index contributed by atoms with van der Waals surface area (Å²) in [5.41, 5.74) is 0.635. The smallest absolute Gasteiger partial charge is 0.126 e. The predicted molar refractivity (Wildman–Crippen MR) is 63.6 cm³/mol. The minimum atomic E-state index is 0.458. The van der Waals surface area contributed by atoms with E-state index in [-0.39, 0.29) is 0 Å². The normalized spacial score (nSPS) is 19.4. The summed E-state index contributed by atoms with van der Waals surface area (Å²) in [5, 5.41) is 12.4. The molecule has 0 saturated carbocycles. The van der Waals surface area contributed by atoms with Gasteiger partial charge >= 0.3 is 0 Å². The lowest BCUT2D eigenvalue weighted by Gasteiger charge is -2.09. The zero-order chi connectivity index (χ0) is 11.4. The van der Waals surface area contributed by atoms with Crippen LogP contribution >= 0.6 is 11.8 Å². The minimum Gasteiger partial charge on any atom is -0.380 e. The Labute approximate surface area is 99.0 Å². The quantitative estimate of drug-likeness (QED) is 0.866. The van der Waals surface area contributed by atoms with E-state index in [1.165, 1.54) is 0 Å². The lowest BCUT2D eigenvalue weighted by atomic mass is 10.3. The Morgan fingerprint density at radius 1 is 1.69 bits per heavy atom. The number of nitriles is 1. The first kappa shape index (κ1) is 11.2. The molecule has 2 heterocycles. The van der Waals surface area contributed by atoms with Gasteiger partial charge in [-0.2, -0.15) is 5.26 Å². The third-order valence-electron chi connectivity index (χ3n) is 2.42. The topological polar surface area (TPSA) is 57.9 Å². The number of hydrogen-bond donors (Lipinski definition) is 1. The lowest BCUT2D eigenvalue weighted by Crippen LogP contribution is -2.02. The average Bonchev–Trinajstić information content (AvgIpc) is 2.82. The Bertz CT molecular complexity index is 410. The SMILES string of the molecule is CNc1cc(SC2CCOC2)c(C#N)cn1. The fourth-order valence-corrected chi connectivity index (χ4v) is 2.68. The van der Waals surface area contributed by atoms with Crippen molar-refractivity contribution < 1.29 is 4.74 Å². The molecule has 84 valence electrons. The largest absolute Gasteiger partial charge is 0.380 e. The number of nitrogens with zero attached hydrogens (tertiary/aromatic N) is 2. The minimum absolute atomic E-state index is 0.458. The van der Waals surface area contributed by atoms with Crippen molar-refractivity contribution in [2.24, 2.45) is 0 Å². The molecule has 16 heavy (non-hydrogen) atoms. The highest BCUT2D eigenvalue weighted by Gasteiger charge is 2.18. The molecule has 0 aromatic carbocycles. The van der Waals surface area contributed by atoms with Gasteiger partial charge in [0.1, 0.15) is 11.9 Å². The highest BCUT2D eigenvalue weighted by molar-refractivity contribution is 8.00. The maximum Gasteiger partial charge on any atom is 0.126 e. The fraction of sp³-hybridized carbons (Fsp3) is 0.455. The highest BCUT2D eigenvalue weighted by Crippen LogP contribution is 2.31. The Balaban J connectivity index is 2.19.